The summed E-state index contributed by atoms with van der Waals surface area (Å²) in [4.78, 5) is 38.8. The van der Waals surface area contributed by atoms with Crippen molar-refractivity contribution in [3.63, 3.8) is 0 Å². The molecule has 1 aromatic carbocycles. The highest BCUT2D eigenvalue weighted by atomic mass is 16.3. The quantitative estimate of drug-likeness (QED) is 0.632. The number of hydrogen-bond donors (Lipinski definition) is 3. The van der Waals surface area contributed by atoms with Gasteiger partial charge in [-0.2, -0.15) is 0 Å². The number of carbonyl (C=O) groups is 3. The molecule has 0 bridgehead atoms. The van der Waals surface area contributed by atoms with E-state index in [0.29, 0.717) is 18.5 Å². The van der Waals surface area contributed by atoms with E-state index in [4.69, 9.17) is 0 Å². The second-order valence-electron chi connectivity index (χ2n) is 6.50. The predicted octanol–water partition coefficient (Wildman–Crippen LogP) is 1.58. The number of nitrogens with one attached hydrogen (secondary N) is 2. The average molecular weight is 373 g/mol. The SMILES string of the molecule is CC/C=C/CC(=O)N1C[C@H](NC(=O)c2cccc(O)c2)C[C@H]1C(=O)NCC. The molecule has 1 fully saturated rings. The molecular formula is C20H27N3O4. The molecular weight excluding hydrogens is 346 g/mol. The Bertz CT molecular complexity index is 717. The van der Waals surface area contributed by atoms with Crippen LogP contribution in [0.2, 0.25) is 0 Å². The lowest BCUT2D eigenvalue weighted by molar-refractivity contribution is -0.137. The van der Waals surface area contributed by atoms with Crippen LogP contribution in [0.1, 0.15) is 43.5 Å². The van der Waals surface area contributed by atoms with E-state index >= 15 is 0 Å². The molecule has 7 nitrogen and oxygen atoms in total. The maximum absolute atomic E-state index is 12.5. The summed E-state index contributed by atoms with van der Waals surface area (Å²) in [6, 6.07) is 5.13. The molecule has 1 aliphatic rings. The fourth-order valence-corrected chi connectivity index (χ4v) is 3.14. The van der Waals surface area contributed by atoms with Crippen LogP contribution in [0.3, 0.4) is 0 Å². The van der Waals surface area contributed by atoms with Crippen LogP contribution in [-0.2, 0) is 9.59 Å². The minimum absolute atomic E-state index is 0.00814. The van der Waals surface area contributed by atoms with E-state index in [1.807, 2.05) is 19.9 Å². The largest absolute Gasteiger partial charge is 0.508 e. The third kappa shape index (κ3) is 5.57. The van der Waals surface area contributed by atoms with E-state index in [0.717, 1.165) is 6.42 Å². The number of benzene rings is 1. The van der Waals surface area contributed by atoms with Crippen molar-refractivity contribution >= 4 is 17.7 Å². The summed E-state index contributed by atoms with van der Waals surface area (Å²) < 4.78 is 0. The minimum atomic E-state index is -0.595. The Hall–Kier alpha value is -2.83. The first kappa shape index (κ1) is 20.5. The van der Waals surface area contributed by atoms with Gasteiger partial charge in [-0.1, -0.05) is 25.1 Å². The van der Waals surface area contributed by atoms with Crippen LogP contribution in [0.15, 0.2) is 36.4 Å². The van der Waals surface area contributed by atoms with Crippen molar-refractivity contribution < 1.29 is 19.5 Å². The molecule has 0 radical (unpaired) electrons. The molecule has 0 spiro atoms. The van der Waals surface area contributed by atoms with Gasteiger partial charge in [0.1, 0.15) is 11.8 Å². The molecule has 7 heteroatoms. The number of likely N-dealkylation sites (tertiary alicyclic amines) is 1. The Balaban J connectivity index is 2.08. The van der Waals surface area contributed by atoms with E-state index in [1.165, 1.54) is 12.1 Å². The van der Waals surface area contributed by atoms with Gasteiger partial charge in [0.05, 0.1) is 0 Å². The number of allylic oxidation sites excluding steroid dienone is 1. The van der Waals surface area contributed by atoms with Crippen molar-refractivity contribution in [3.8, 4) is 5.75 Å². The van der Waals surface area contributed by atoms with E-state index in [9.17, 15) is 19.5 Å². The summed E-state index contributed by atoms with van der Waals surface area (Å²) in [5, 5.41) is 15.1. The van der Waals surface area contributed by atoms with E-state index in [2.05, 4.69) is 10.6 Å². The third-order valence-corrected chi connectivity index (χ3v) is 4.41. The number of likely N-dealkylation sites (N-methyl/N-ethyl adjacent to an activating group) is 1. The van der Waals surface area contributed by atoms with Crippen molar-refractivity contribution in [2.24, 2.45) is 0 Å². The van der Waals surface area contributed by atoms with Gasteiger partial charge in [-0.25, -0.2) is 0 Å². The molecule has 0 aromatic heterocycles. The topological polar surface area (TPSA) is 98.7 Å². The number of aromatic hydroxyl groups is 1. The molecule has 2 atom stereocenters. The first-order chi connectivity index (χ1) is 13.0. The molecule has 1 saturated heterocycles. The number of nitrogens with zero attached hydrogens (tertiary/aromatic N) is 1. The van der Waals surface area contributed by atoms with Crippen LogP contribution in [0.4, 0.5) is 0 Å². The Kier molecular flexibility index (Phi) is 7.40. The molecule has 1 aromatic rings. The normalized spacial score (nSPS) is 19.3. The van der Waals surface area contributed by atoms with Crippen molar-refractivity contribution in [3.05, 3.63) is 42.0 Å². The van der Waals surface area contributed by atoms with Gasteiger partial charge in [-0.15, -0.1) is 0 Å². The highest BCUT2D eigenvalue weighted by Gasteiger charge is 2.39. The van der Waals surface area contributed by atoms with Crippen LogP contribution in [-0.4, -0.2) is 52.9 Å². The van der Waals surface area contributed by atoms with E-state index < -0.39 is 6.04 Å². The Morgan fingerprint density at radius 2 is 2.04 bits per heavy atom. The van der Waals surface area contributed by atoms with Crippen molar-refractivity contribution in [1.82, 2.24) is 15.5 Å². The first-order valence-corrected chi connectivity index (χ1v) is 9.28. The number of carbonyl (C=O) groups excluding carboxylic acids is 3. The summed E-state index contributed by atoms with van der Waals surface area (Å²) in [6.07, 6.45) is 5.15. The van der Waals surface area contributed by atoms with Crippen LogP contribution >= 0.6 is 0 Å². The van der Waals surface area contributed by atoms with E-state index in [-0.39, 0.29) is 42.5 Å². The fraction of sp³-hybridized carbons (Fsp3) is 0.450. The first-order valence-electron chi connectivity index (χ1n) is 9.28. The fourth-order valence-electron chi connectivity index (χ4n) is 3.14. The maximum Gasteiger partial charge on any atom is 0.251 e. The molecule has 2 rings (SSSR count). The van der Waals surface area contributed by atoms with Crippen LogP contribution in [0, 0.1) is 0 Å². The Morgan fingerprint density at radius 1 is 1.26 bits per heavy atom. The second kappa shape index (κ2) is 9.75. The second-order valence-corrected chi connectivity index (χ2v) is 6.50. The zero-order valence-corrected chi connectivity index (χ0v) is 15.8. The lowest BCUT2D eigenvalue weighted by Crippen LogP contribution is -2.45. The van der Waals surface area contributed by atoms with Gasteiger partial charge in [0.2, 0.25) is 11.8 Å². The lowest BCUT2D eigenvalue weighted by atomic mass is 10.1. The summed E-state index contributed by atoms with van der Waals surface area (Å²) in [6.45, 7) is 4.57. The van der Waals surface area contributed by atoms with Gasteiger partial charge in [-0.05, 0) is 38.0 Å². The molecule has 0 unspecified atom stereocenters. The molecule has 3 amide bonds. The molecule has 1 aliphatic heterocycles. The number of rotatable bonds is 7. The molecule has 3 N–H and O–H groups in total. The smallest absolute Gasteiger partial charge is 0.251 e. The summed E-state index contributed by atoms with van der Waals surface area (Å²) in [5.41, 5.74) is 0.334. The van der Waals surface area contributed by atoms with Gasteiger partial charge in [0.15, 0.2) is 0 Å². The molecule has 27 heavy (non-hydrogen) atoms. The molecule has 0 aliphatic carbocycles. The molecule has 1 heterocycles. The average Bonchev–Trinajstić information content (AvgIpc) is 3.06. The van der Waals surface area contributed by atoms with Crippen LogP contribution < -0.4 is 10.6 Å². The zero-order chi connectivity index (χ0) is 19.8. The zero-order valence-electron chi connectivity index (χ0n) is 15.8. The number of phenolic OH excluding ortho intramolecular Hbond substituents is 1. The maximum atomic E-state index is 12.5. The van der Waals surface area contributed by atoms with Gasteiger partial charge in [0.25, 0.3) is 5.91 Å². The Labute approximate surface area is 159 Å². The van der Waals surface area contributed by atoms with Gasteiger partial charge in [0, 0.05) is 31.1 Å². The van der Waals surface area contributed by atoms with Crippen molar-refractivity contribution in [1.29, 1.82) is 0 Å². The van der Waals surface area contributed by atoms with Gasteiger partial charge >= 0.3 is 0 Å². The highest BCUT2D eigenvalue weighted by Crippen LogP contribution is 2.20. The predicted molar refractivity (Wildman–Crippen MR) is 102 cm³/mol. The number of amides is 3. The number of hydrogen-bond acceptors (Lipinski definition) is 4. The third-order valence-electron chi connectivity index (χ3n) is 4.41. The summed E-state index contributed by atoms with van der Waals surface area (Å²) >= 11 is 0. The van der Waals surface area contributed by atoms with Crippen LogP contribution in [0.5, 0.6) is 5.75 Å². The summed E-state index contributed by atoms with van der Waals surface area (Å²) in [7, 11) is 0. The Morgan fingerprint density at radius 3 is 2.70 bits per heavy atom. The number of phenols is 1. The standard InChI is InChI=1S/C20H27N3O4/c1-3-5-6-10-18(25)23-13-15(12-17(23)20(27)21-4-2)22-19(26)14-8-7-9-16(24)11-14/h5-9,11,15,17,24H,3-4,10,12-13H2,1-2H3,(H,21,27)(H,22,26)/b6-5+/t15-,17+/m1/s1. The molecule has 0 saturated carbocycles. The van der Waals surface area contributed by atoms with E-state index in [1.54, 1.807) is 23.1 Å². The minimum Gasteiger partial charge on any atom is -0.508 e. The van der Waals surface area contributed by atoms with Gasteiger partial charge in [-0.3, -0.25) is 14.4 Å². The highest BCUT2D eigenvalue weighted by molar-refractivity contribution is 5.95. The monoisotopic (exact) mass is 373 g/mol. The van der Waals surface area contributed by atoms with Gasteiger partial charge < -0.3 is 20.6 Å². The summed E-state index contributed by atoms with van der Waals surface area (Å²) in [5.74, 6) is -0.677. The van der Waals surface area contributed by atoms with Crippen LogP contribution in [0.25, 0.3) is 0 Å². The lowest BCUT2D eigenvalue weighted by Gasteiger charge is -2.23. The molecule has 146 valence electrons. The van der Waals surface area contributed by atoms with Crippen molar-refractivity contribution in [2.45, 2.75) is 45.2 Å². The van der Waals surface area contributed by atoms with Crippen molar-refractivity contribution in [2.75, 3.05) is 13.1 Å².